The third-order valence-corrected chi connectivity index (χ3v) is 4.67. The molecule has 0 radical (unpaired) electrons. The van der Waals surface area contributed by atoms with Crippen molar-refractivity contribution in [3.05, 3.63) is 58.3 Å². The zero-order valence-electron chi connectivity index (χ0n) is 10.3. The highest BCUT2D eigenvalue weighted by Crippen LogP contribution is 2.15. The maximum Gasteiger partial charge on any atom is 0.240 e. The summed E-state index contributed by atoms with van der Waals surface area (Å²) in [6.07, 6.45) is 3.35. The molecule has 1 N–H and O–H groups in total. The molecule has 6 heteroatoms. The van der Waals surface area contributed by atoms with Crippen LogP contribution in [0.4, 0.5) is 0 Å². The second-order valence-electron chi connectivity index (χ2n) is 4.08. The summed E-state index contributed by atoms with van der Waals surface area (Å²) in [6.45, 7) is 2.16. The van der Waals surface area contributed by atoms with E-state index in [1.54, 1.807) is 36.7 Å². The quantitative estimate of drug-likeness (QED) is 0.930. The van der Waals surface area contributed by atoms with Gasteiger partial charge in [0.2, 0.25) is 10.0 Å². The number of hydrogen-bond donors (Lipinski definition) is 1. The van der Waals surface area contributed by atoms with E-state index in [0.29, 0.717) is 0 Å². The second kappa shape index (κ2) is 5.81. The Morgan fingerprint density at radius 1 is 1.21 bits per heavy atom. The van der Waals surface area contributed by atoms with Crippen LogP contribution >= 0.6 is 15.9 Å². The minimum atomic E-state index is -3.49. The van der Waals surface area contributed by atoms with Gasteiger partial charge in [-0.3, -0.25) is 4.98 Å². The Morgan fingerprint density at radius 2 is 1.89 bits per heavy atom. The van der Waals surface area contributed by atoms with Crippen LogP contribution in [-0.2, 0) is 16.6 Å². The van der Waals surface area contributed by atoms with Gasteiger partial charge in [0.15, 0.2) is 0 Å². The molecule has 1 aromatic carbocycles. The average Bonchev–Trinajstić information content (AvgIpc) is 2.38. The molecule has 0 aliphatic rings. The predicted molar refractivity (Wildman–Crippen MR) is 77.1 cm³/mol. The monoisotopic (exact) mass is 340 g/mol. The van der Waals surface area contributed by atoms with Gasteiger partial charge < -0.3 is 0 Å². The van der Waals surface area contributed by atoms with E-state index >= 15 is 0 Å². The lowest BCUT2D eigenvalue weighted by molar-refractivity contribution is 0.581. The highest BCUT2D eigenvalue weighted by atomic mass is 79.9. The Hall–Kier alpha value is -1.24. The van der Waals surface area contributed by atoms with Gasteiger partial charge >= 0.3 is 0 Å². The zero-order valence-corrected chi connectivity index (χ0v) is 12.7. The Bertz CT molecular complexity index is 669. The topological polar surface area (TPSA) is 59.1 Å². The molecule has 0 aliphatic heterocycles. The summed E-state index contributed by atoms with van der Waals surface area (Å²) in [5.74, 6) is 0. The third-order valence-electron chi connectivity index (χ3n) is 2.72. The molecule has 0 amide bonds. The van der Waals surface area contributed by atoms with Gasteiger partial charge in [0.25, 0.3) is 0 Å². The van der Waals surface area contributed by atoms with Crippen molar-refractivity contribution in [2.45, 2.75) is 18.4 Å². The van der Waals surface area contributed by atoms with Crippen molar-refractivity contribution in [1.29, 1.82) is 0 Å². The molecule has 4 nitrogen and oxygen atoms in total. The number of aromatic nitrogens is 1. The second-order valence-corrected chi connectivity index (χ2v) is 6.76. The molecule has 0 fully saturated rings. The van der Waals surface area contributed by atoms with E-state index in [-0.39, 0.29) is 11.4 Å². The molecule has 0 saturated carbocycles. The van der Waals surface area contributed by atoms with E-state index in [9.17, 15) is 8.42 Å². The van der Waals surface area contributed by atoms with Gasteiger partial charge in [0.05, 0.1) is 4.90 Å². The van der Waals surface area contributed by atoms with Crippen LogP contribution in [0.25, 0.3) is 0 Å². The van der Waals surface area contributed by atoms with E-state index in [0.717, 1.165) is 15.6 Å². The van der Waals surface area contributed by atoms with Crippen molar-refractivity contribution in [3.63, 3.8) is 0 Å². The average molecular weight is 341 g/mol. The highest BCUT2D eigenvalue weighted by Gasteiger charge is 2.13. The standard InChI is InChI=1S/C13H13BrN2O2S/c1-10-6-7-15-8-11(10)9-16-19(17,18)13-4-2-12(14)3-5-13/h2-8,16H,9H2,1H3. The van der Waals surface area contributed by atoms with Crippen LogP contribution in [0.2, 0.25) is 0 Å². The first-order valence-electron chi connectivity index (χ1n) is 5.64. The first kappa shape index (κ1) is 14.2. The molecule has 19 heavy (non-hydrogen) atoms. The summed E-state index contributed by atoms with van der Waals surface area (Å²) in [5.41, 5.74) is 1.87. The van der Waals surface area contributed by atoms with Crippen LogP contribution in [0.3, 0.4) is 0 Å². The first-order valence-corrected chi connectivity index (χ1v) is 7.91. The summed E-state index contributed by atoms with van der Waals surface area (Å²) in [7, 11) is -3.49. The number of halogens is 1. The number of hydrogen-bond acceptors (Lipinski definition) is 3. The highest BCUT2D eigenvalue weighted by molar-refractivity contribution is 9.10. The lowest BCUT2D eigenvalue weighted by atomic mass is 10.2. The van der Waals surface area contributed by atoms with Gasteiger partial charge in [-0.25, -0.2) is 13.1 Å². The molecule has 0 atom stereocenters. The Labute approximate surface area is 121 Å². The lowest BCUT2D eigenvalue weighted by Crippen LogP contribution is -2.23. The minimum absolute atomic E-state index is 0.234. The van der Waals surface area contributed by atoms with E-state index < -0.39 is 10.0 Å². The number of aryl methyl sites for hydroxylation is 1. The van der Waals surface area contributed by atoms with Crippen LogP contribution in [-0.4, -0.2) is 13.4 Å². The maximum absolute atomic E-state index is 12.1. The number of pyridine rings is 1. The molecule has 2 rings (SSSR count). The summed E-state index contributed by atoms with van der Waals surface area (Å²) >= 11 is 3.27. The zero-order chi connectivity index (χ0) is 13.9. The van der Waals surface area contributed by atoms with E-state index in [1.807, 2.05) is 13.0 Å². The molecule has 100 valence electrons. The van der Waals surface area contributed by atoms with E-state index in [4.69, 9.17) is 0 Å². The summed E-state index contributed by atoms with van der Waals surface area (Å²) in [4.78, 5) is 4.24. The molecular weight excluding hydrogens is 328 g/mol. The first-order chi connectivity index (χ1) is 8.99. The summed E-state index contributed by atoms with van der Waals surface area (Å²) in [6, 6.07) is 8.36. The van der Waals surface area contributed by atoms with E-state index in [1.165, 1.54) is 0 Å². The Morgan fingerprint density at radius 3 is 2.53 bits per heavy atom. The Balaban J connectivity index is 2.14. The molecule has 0 saturated heterocycles. The molecule has 2 aromatic rings. The van der Waals surface area contributed by atoms with Crippen LogP contribution in [0.5, 0.6) is 0 Å². The number of sulfonamides is 1. The summed E-state index contributed by atoms with van der Waals surface area (Å²) in [5, 5.41) is 0. The molecule has 0 aliphatic carbocycles. The van der Waals surface area contributed by atoms with Crippen molar-refractivity contribution in [2.75, 3.05) is 0 Å². The van der Waals surface area contributed by atoms with Gasteiger partial charge in [0, 0.05) is 23.4 Å². The van der Waals surface area contributed by atoms with Gasteiger partial charge in [0.1, 0.15) is 0 Å². The fraction of sp³-hybridized carbons (Fsp3) is 0.154. The van der Waals surface area contributed by atoms with Crippen molar-refractivity contribution in [1.82, 2.24) is 9.71 Å². The van der Waals surface area contributed by atoms with Gasteiger partial charge in [-0.1, -0.05) is 15.9 Å². The smallest absolute Gasteiger partial charge is 0.240 e. The number of nitrogens with zero attached hydrogens (tertiary/aromatic N) is 1. The molecule has 1 heterocycles. The van der Waals surface area contributed by atoms with Crippen LogP contribution in [0.15, 0.2) is 52.1 Å². The van der Waals surface area contributed by atoms with Gasteiger partial charge in [-0.05, 0) is 48.4 Å². The fourth-order valence-corrected chi connectivity index (χ4v) is 2.82. The van der Waals surface area contributed by atoms with Crippen molar-refractivity contribution < 1.29 is 8.42 Å². The molecule has 0 spiro atoms. The normalized spacial score (nSPS) is 11.5. The number of rotatable bonds is 4. The maximum atomic E-state index is 12.1. The van der Waals surface area contributed by atoms with Crippen molar-refractivity contribution >= 4 is 26.0 Å². The largest absolute Gasteiger partial charge is 0.264 e. The van der Waals surface area contributed by atoms with Crippen molar-refractivity contribution in [2.24, 2.45) is 0 Å². The van der Waals surface area contributed by atoms with Crippen LogP contribution < -0.4 is 4.72 Å². The lowest BCUT2D eigenvalue weighted by Gasteiger charge is -2.08. The minimum Gasteiger partial charge on any atom is -0.264 e. The van der Waals surface area contributed by atoms with E-state index in [2.05, 4.69) is 25.6 Å². The van der Waals surface area contributed by atoms with Crippen molar-refractivity contribution in [3.8, 4) is 0 Å². The SMILES string of the molecule is Cc1ccncc1CNS(=O)(=O)c1ccc(Br)cc1. The number of benzene rings is 1. The molecular formula is C13H13BrN2O2S. The predicted octanol–water partition coefficient (Wildman–Crippen LogP) is 2.63. The fourth-order valence-electron chi connectivity index (χ4n) is 1.55. The number of nitrogens with one attached hydrogen (secondary N) is 1. The molecule has 0 bridgehead atoms. The van der Waals surface area contributed by atoms with Gasteiger partial charge in [-0.15, -0.1) is 0 Å². The molecule has 0 unspecified atom stereocenters. The van der Waals surface area contributed by atoms with Crippen LogP contribution in [0.1, 0.15) is 11.1 Å². The summed E-state index contributed by atoms with van der Waals surface area (Å²) < 4.78 is 27.6. The van der Waals surface area contributed by atoms with Crippen LogP contribution in [0, 0.1) is 6.92 Å². The molecule has 1 aromatic heterocycles. The Kier molecular flexibility index (Phi) is 4.34. The van der Waals surface area contributed by atoms with Gasteiger partial charge in [-0.2, -0.15) is 0 Å². The third kappa shape index (κ3) is 3.62.